The number of carbonyl (C=O) groups is 2. The lowest BCUT2D eigenvalue weighted by atomic mass is 9.98. The van der Waals surface area contributed by atoms with Gasteiger partial charge in [-0.2, -0.15) is 0 Å². The predicted molar refractivity (Wildman–Crippen MR) is 66.5 cm³/mol. The molecule has 0 aromatic rings. The van der Waals surface area contributed by atoms with E-state index in [0.717, 1.165) is 12.8 Å². The molecule has 0 atom stereocenters. The lowest BCUT2D eigenvalue weighted by molar-refractivity contribution is -0.144. The SMILES string of the molecule is CC(C)OCCNC(=O)NC1(C(=O)O)CCCC1. The fourth-order valence-corrected chi connectivity index (χ4v) is 2.09. The van der Waals surface area contributed by atoms with E-state index in [4.69, 9.17) is 4.74 Å². The molecule has 1 aliphatic carbocycles. The van der Waals surface area contributed by atoms with E-state index < -0.39 is 17.5 Å². The maximum Gasteiger partial charge on any atom is 0.329 e. The van der Waals surface area contributed by atoms with E-state index in [0.29, 0.717) is 26.0 Å². The van der Waals surface area contributed by atoms with Crippen LogP contribution in [0.3, 0.4) is 0 Å². The lowest BCUT2D eigenvalue weighted by Gasteiger charge is -2.25. The zero-order chi connectivity index (χ0) is 13.6. The number of aliphatic carboxylic acids is 1. The predicted octanol–water partition coefficient (Wildman–Crippen LogP) is 1.11. The van der Waals surface area contributed by atoms with E-state index in [1.54, 1.807) is 0 Å². The van der Waals surface area contributed by atoms with Crippen LogP contribution >= 0.6 is 0 Å². The fourth-order valence-electron chi connectivity index (χ4n) is 2.09. The van der Waals surface area contributed by atoms with Crippen molar-refractivity contribution in [1.29, 1.82) is 0 Å². The number of hydrogen-bond acceptors (Lipinski definition) is 3. The molecule has 6 heteroatoms. The molecule has 104 valence electrons. The molecule has 1 aliphatic rings. The van der Waals surface area contributed by atoms with Gasteiger partial charge >= 0.3 is 12.0 Å². The topological polar surface area (TPSA) is 87.7 Å². The highest BCUT2D eigenvalue weighted by molar-refractivity contribution is 5.86. The van der Waals surface area contributed by atoms with Crippen LogP contribution in [0.5, 0.6) is 0 Å². The van der Waals surface area contributed by atoms with Crippen LogP contribution in [-0.4, -0.2) is 41.9 Å². The third-order valence-corrected chi connectivity index (χ3v) is 3.06. The van der Waals surface area contributed by atoms with Crippen molar-refractivity contribution in [3.63, 3.8) is 0 Å². The fraction of sp³-hybridized carbons (Fsp3) is 0.833. The molecule has 6 nitrogen and oxygen atoms in total. The molecule has 0 unspecified atom stereocenters. The van der Waals surface area contributed by atoms with E-state index in [1.807, 2.05) is 13.8 Å². The van der Waals surface area contributed by atoms with E-state index in [2.05, 4.69) is 10.6 Å². The van der Waals surface area contributed by atoms with Gasteiger partial charge in [-0.25, -0.2) is 9.59 Å². The number of carboxylic acid groups (broad SMARTS) is 1. The van der Waals surface area contributed by atoms with Gasteiger partial charge in [0.1, 0.15) is 5.54 Å². The summed E-state index contributed by atoms with van der Waals surface area (Å²) in [7, 11) is 0. The highest BCUT2D eigenvalue weighted by Crippen LogP contribution is 2.29. The molecule has 0 radical (unpaired) electrons. The maximum atomic E-state index is 11.6. The average Bonchev–Trinajstić information content (AvgIpc) is 2.74. The Balaban J connectivity index is 2.32. The largest absolute Gasteiger partial charge is 0.480 e. The van der Waals surface area contributed by atoms with Crippen LogP contribution < -0.4 is 10.6 Å². The second kappa shape index (κ2) is 6.58. The maximum absolute atomic E-state index is 11.6. The molecule has 1 rings (SSSR count). The molecule has 18 heavy (non-hydrogen) atoms. The Morgan fingerprint density at radius 2 is 1.94 bits per heavy atom. The second-order valence-corrected chi connectivity index (χ2v) is 4.89. The Kier molecular flexibility index (Phi) is 5.40. The number of hydrogen-bond donors (Lipinski definition) is 3. The molecular weight excluding hydrogens is 236 g/mol. The summed E-state index contributed by atoms with van der Waals surface area (Å²) in [6.45, 7) is 4.63. The van der Waals surface area contributed by atoms with E-state index in [9.17, 15) is 14.7 Å². The summed E-state index contributed by atoms with van der Waals surface area (Å²) in [5, 5.41) is 14.4. The van der Waals surface area contributed by atoms with Crippen LogP contribution in [0.1, 0.15) is 39.5 Å². The van der Waals surface area contributed by atoms with Crippen LogP contribution in [-0.2, 0) is 9.53 Å². The van der Waals surface area contributed by atoms with Crippen LogP contribution in [0.4, 0.5) is 4.79 Å². The molecule has 2 amide bonds. The van der Waals surface area contributed by atoms with Gasteiger partial charge in [-0.15, -0.1) is 0 Å². The van der Waals surface area contributed by atoms with Gasteiger partial charge in [-0.05, 0) is 26.7 Å². The van der Waals surface area contributed by atoms with Crippen molar-refractivity contribution in [2.75, 3.05) is 13.2 Å². The zero-order valence-corrected chi connectivity index (χ0v) is 11.0. The van der Waals surface area contributed by atoms with Crippen molar-refractivity contribution in [2.24, 2.45) is 0 Å². The molecule has 0 aromatic heterocycles. The first-order valence-corrected chi connectivity index (χ1v) is 6.37. The molecule has 0 aliphatic heterocycles. The van der Waals surface area contributed by atoms with Gasteiger partial charge in [0.05, 0.1) is 12.7 Å². The summed E-state index contributed by atoms with van der Waals surface area (Å²) in [6.07, 6.45) is 2.79. The van der Waals surface area contributed by atoms with Crippen molar-refractivity contribution in [1.82, 2.24) is 10.6 Å². The van der Waals surface area contributed by atoms with Crippen molar-refractivity contribution in [3.8, 4) is 0 Å². The highest BCUT2D eigenvalue weighted by atomic mass is 16.5. The Hall–Kier alpha value is -1.30. The quantitative estimate of drug-likeness (QED) is 0.623. The first-order chi connectivity index (χ1) is 8.46. The van der Waals surface area contributed by atoms with Crippen molar-refractivity contribution >= 4 is 12.0 Å². The molecule has 0 aromatic carbocycles. The molecule has 1 saturated carbocycles. The Morgan fingerprint density at radius 1 is 1.33 bits per heavy atom. The molecular formula is C12H22N2O4. The third kappa shape index (κ3) is 4.18. The van der Waals surface area contributed by atoms with Gasteiger partial charge in [0, 0.05) is 6.54 Å². The van der Waals surface area contributed by atoms with Gasteiger partial charge in [0.15, 0.2) is 0 Å². The van der Waals surface area contributed by atoms with Crippen molar-refractivity contribution < 1.29 is 19.4 Å². The number of carbonyl (C=O) groups excluding carboxylic acids is 1. The van der Waals surface area contributed by atoms with E-state index in [-0.39, 0.29) is 6.10 Å². The van der Waals surface area contributed by atoms with Crippen molar-refractivity contribution in [2.45, 2.75) is 51.2 Å². The van der Waals surface area contributed by atoms with Gasteiger partial charge in [-0.1, -0.05) is 12.8 Å². The third-order valence-electron chi connectivity index (χ3n) is 3.06. The number of ether oxygens (including phenoxy) is 1. The Bertz CT molecular complexity index is 298. The van der Waals surface area contributed by atoms with Crippen molar-refractivity contribution in [3.05, 3.63) is 0 Å². The minimum Gasteiger partial charge on any atom is -0.480 e. The minimum atomic E-state index is -1.08. The molecule has 0 spiro atoms. The number of amides is 2. The Labute approximate surface area is 107 Å². The first kappa shape index (κ1) is 14.8. The van der Waals surface area contributed by atoms with Crippen LogP contribution in [0.2, 0.25) is 0 Å². The molecule has 0 saturated heterocycles. The van der Waals surface area contributed by atoms with Crippen LogP contribution in [0.15, 0.2) is 0 Å². The Morgan fingerprint density at radius 3 is 2.44 bits per heavy atom. The number of carboxylic acids is 1. The number of rotatable bonds is 6. The average molecular weight is 258 g/mol. The van der Waals surface area contributed by atoms with E-state index >= 15 is 0 Å². The van der Waals surface area contributed by atoms with Gasteiger partial charge in [0.2, 0.25) is 0 Å². The molecule has 3 N–H and O–H groups in total. The summed E-state index contributed by atoms with van der Waals surface area (Å²) < 4.78 is 5.28. The van der Waals surface area contributed by atoms with Gasteiger partial charge in [0.25, 0.3) is 0 Å². The standard InChI is InChI=1S/C12H22N2O4/c1-9(2)18-8-7-13-11(17)14-12(10(15)16)5-3-4-6-12/h9H,3-8H2,1-2H3,(H,15,16)(H2,13,14,17). The zero-order valence-electron chi connectivity index (χ0n) is 11.0. The summed E-state index contributed by atoms with van der Waals surface area (Å²) in [5.74, 6) is -0.950. The summed E-state index contributed by atoms with van der Waals surface area (Å²) >= 11 is 0. The number of nitrogens with one attached hydrogen (secondary N) is 2. The summed E-state index contributed by atoms with van der Waals surface area (Å²) in [5.41, 5.74) is -1.08. The van der Waals surface area contributed by atoms with Gasteiger partial charge < -0.3 is 20.5 Å². The monoisotopic (exact) mass is 258 g/mol. The molecule has 0 heterocycles. The molecule has 1 fully saturated rings. The number of urea groups is 1. The van der Waals surface area contributed by atoms with Gasteiger partial charge in [-0.3, -0.25) is 0 Å². The lowest BCUT2D eigenvalue weighted by Crippen LogP contribution is -2.55. The smallest absolute Gasteiger partial charge is 0.329 e. The van der Waals surface area contributed by atoms with E-state index in [1.165, 1.54) is 0 Å². The van der Waals surface area contributed by atoms with Crippen LogP contribution in [0, 0.1) is 0 Å². The normalized spacial score (nSPS) is 17.7. The summed E-state index contributed by atoms with van der Waals surface area (Å²) in [6, 6.07) is -0.438. The molecule has 0 bridgehead atoms. The highest BCUT2D eigenvalue weighted by Gasteiger charge is 2.42. The first-order valence-electron chi connectivity index (χ1n) is 6.37. The minimum absolute atomic E-state index is 0.120. The van der Waals surface area contributed by atoms with Crippen LogP contribution in [0.25, 0.3) is 0 Å². The summed E-state index contributed by atoms with van der Waals surface area (Å²) in [4.78, 5) is 22.8. The second-order valence-electron chi connectivity index (χ2n) is 4.89.